The molecule has 1 aliphatic rings. The molecule has 6 heteroatoms. The maximum absolute atomic E-state index is 12.7. The summed E-state index contributed by atoms with van der Waals surface area (Å²) in [4.78, 5) is 14.7. The summed E-state index contributed by atoms with van der Waals surface area (Å²) in [6, 6.07) is 5.46. The van der Waals surface area contributed by atoms with Crippen molar-refractivity contribution < 1.29 is 9.18 Å². The third-order valence-electron chi connectivity index (χ3n) is 2.41. The van der Waals surface area contributed by atoms with Gasteiger partial charge in [0, 0.05) is 18.8 Å². The molecule has 0 aromatic heterocycles. The zero-order chi connectivity index (χ0) is 13.7. The van der Waals surface area contributed by atoms with Crippen LogP contribution < -0.4 is 10.6 Å². The number of amides is 2. The molecule has 2 rings (SSSR count). The number of benzene rings is 1. The number of nitrogens with zero attached hydrogens (tertiary/aromatic N) is 2. The minimum atomic E-state index is -0.332. The van der Waals surface area contributed by atoms with Gasteiger partial charge in [0.15, 0.2) is 5.11 Å². The zero-order valence-corrected chi connectivity index (χ0v) is 11.2. The van der Waals surface area contributed by atoms with Crippen LogP contribution in [0.25, 0.3) is 0 Å². The van der Waals surface area contributed by atoms with Crippen LogP contribution in [0.4, 0.5) is 14.9 Å². The van der Waals surface area contributed by atoms with Gasteiger partial charge in [-0.3, -0.25) is 9.80 Å². The Bertz CT molecular complexity index is 435. The van der Waals surface area contributed by atoms with E-state index in [1.54, 1.807) is 12.1 Å². The Hall–Kier alpha value is -1.69. The van der Waals surface area contributed by atoms with Gasteiger partial charge in [-0.25, -0.2) is 9.18 Å². The van der Waals surface area contributed by atoms with Crippen LogP contribution in [0.3, 0.4) is 0 Å². The number of hydrogen-bond donors (Lipinski definition) is 1. The molecule has 1 heterocycles. The van der Waals surface area contributed by atoms with E-state index in [9.17, 15) is 9.18 Å². The maximum atomic E-state index is 12.7. The molecule has 4 nitrogen and oxygen atoms in total. The van der Waals surface area contributed by atoms with Gasteiger partial charge < -0.3 is 5.73 Å². The highest BCUT2D eigenvalue weighted by molar-refractivity contribution is 7.80. The van der Waals surface area contributed by atoms with Crippen molar-refractivity contribution in [3.8, 4) is 0 Å². The minimum absolute atomic E-state index is 0.0645. The van der Waals surface area contributed by atoms with Crippen molar-refractivity contribution >= 4 is 29.0 Å². The molecule has 18 heavy (non-hydrogen) atoms. The number of carbonyl (C=O) groups excluding carboxylic acids is 1. The van der Waals surface area contributed by atoms with Crippen LogP contribution in [0, 0.1) is 5.82 Å². The molecule has 1 aliphatic heterocycles. The lowest BCUT2D eigenvalue weighted by Crippen LogP contribution is -2.39. The van der Waals surface area contributed by atoms with Gasteiger partial charge in [-0.2, -0.15) is 0 Å². The van der Waals surface area contributed by atoms with Crippen molar-refractivity contribution in [3.63, 3.8) is 0 Å². The first-order valence-corrected chi connectivity index (χ1v) is 6.14. The summed E-state index contributed by atoms with van der Waals surface area (Å²) in [5, 5.41) is 0.0645. The Kier molecular flexibility index (Phi) is 5.03. The van der Waals surface area contributed by atoms with Crippen molar-refractivity contribution in [2.75, 3.05) is 18.0 Å². The second-order valence-electron chi connectivity index (χ2n) is 3.40. The largest absolute Gasteiger partial charge is 0.376 e. The van der Waals surface area contributed by atoms with Crippen LogP contribution in [-0.2, 0) is 0 Å². The molecule has 0 unspecified atom stereocenters. The van der Waals surface area contributed by atoms with Crippen molar-refractivity contribution in [1.82, 2.24) is 4.90 Å². The number of rotatable bonds is 1. The highest BCUT2D eigenvalue weighted by Crippen LogP contribution is 2.20. The molecule has 1 fully saturated rings. The Morgan fingerprint density at radius 2 is 1.83 bits per heavy atom. The van der Waals surface area contributed by atoms with Crippen LogP contribution in [0.2, 0.25) is 0 Å². The molecule has 0 saturated carbocycles. The summed E-state index contributed by atoms with van der Waals surface area (Å²) in [6.07, 6.45) is 0. The van der Waals surface area contributed by atoms with Crippen LogP contribution in [0.5, 0.6) is 0 Å². The van der Waals surface area contributed by atoms with Crippen LogP contribution >= 0.6 is 12.2 Å². The summed E-state index contributed by atoms with van der Waals surface area (Å²) >= 11 is 4.75. The number of urea groups is 1. The Morgan fingerprint density at radius 1 is 1.28 bits per heavy atom. The fourth-order valence-electron chi connectivity index (χ4n) is 1.60. The van der Waals surface area contributed by atoms with Gasteiger partial charge >= 0.3 is 6.03 Å². The normalized spacial score (nSPS) is 14.3. The average molecular weight is 269 g/mol. The van der Waals surface area contributed by atoms with Gasteiger partial charge in [-0.15, -0.1) is 0 Å². The van der Waals surface area contributed by atoms with E-state index in [1.165, 1.54) is 21.9 Å². The molecule has 1 saturated heterocycles. The topological polar surface area (TPSA) is 49.6 Å². The van der Waals surface area contributed by atoms with Gasteiger partial charge in [0.2, 0.25) is 0 Å². The lowest BCUT2D eigenvalue weighted by molar-refractivity contribution is 0.238. The monoisotopic (exact) mass is 269 g/mol. The standard InChI is InChI=1S/C10H10FN3OS.C2H6/c11-7-1-3-8(4-2-7)13-5-6-14(9(12)16)10(13)15;1-2/h1-4H,5-6H2,(H2,12,16);1-2H3. The first-order valence-electron chi connectivity index (χ1n) is 5.73. The average Bonchev–Trinajstić information content (AvgIpc) is 2.75. The number of halogens is 1. The van der Waals surface area contributed by atoms with E-state index in [4.69, 9.17) is 18.0 Å². The van der Waals surface area contributed by atoms with E-state index in [-0.39, 0.29) is 17.0 Å². The van der Waals surface area contributed by atoms with Gasteiger partial charge in [-0.1, -0.05) is 13.8 Å². The molecule has 0 aliphatic carbocycles. The number of anilines is 1. The smallest absolute Gasteiger partial charge is 0.330 e. The van der Waals surface area contributed by atoms with E-state index < -0.39 is 0 Å². The lowest BCUT2D eigenvalue weighted by atomic mass is 10.3. The Balaban J connectivity index is 0.000000771. The molecule has 0 spiro atoms. The minimum Gasteiger partial charge on any atom is -0.376 e. The molecule has 0 atom stereocenters. The summed E-state index contributed by atoms with van der Waals surface area (Å²) < 4.78 is 12.7. The highest BCUT2D eigenvalue weighted by atomic mass is 32.1. The van der Waals surface area contributed by atoms with Crippen LogP contribution in [-0.4, -0.2) is 29.1 Å². The molecular weight excluding hydrogens is 253 g/mol. The van der Waals surface area contributed by atoms with Crippen LogP contribution in [0.1, 0.15) is 13.8 Å². The molecule has 2 amide bonds. The molecule has 1 aromatic carbocycles. The van der Waals surface area contributed by atoms with Gasteiger partial charge in [-0.05, 0) is 36.5 Å². The summed E-state index contributed by atoms with van der Waals surface area (Å²) in [5.74, 6) is -0.332. The van der Waals surface area contributed by atoms with E-state index in [1.807, 2.05) is 13.8 Å². The van der Waals surface area contributed by atoms with E-state index in [0.29, 0.717) is 18.8 Å². The van der Waals surface area contributed by atoms with Crippen molar-refractivity contribution in [2.24, 2.45) is 5.73 Å². The second kappa shape index (κ2) is 6.30. The first-order chi connectivity index (χ1) is 8.59. The summed E-state index contributed by atoms with van der Waals surface area (Å²) in [5.41, 5.74) is 6.05. The van der Waals surface area contributed by atoms with Gasteiger partial charge in [0.1, 0.15) is 5.82 Å². The zero-order valence-electron chi connectivity index (χ0n) is 10.4. The maximum Gasteiger partial charge on any atom is 0.330 e. The van der Waals surface area contributed by atoms with E-state index >= 15 is 0 Å². The lowest BCUT2D eigenvalue weighted by Gasteiger charge is -2.17. The molecule has 0 radical (unpaired) electrons. The second-order valence-corrected chi connectivity index (χ2v) is 3.82. The van der Waals surface area contributed by atoms with Crippen molar-refractivity contribution in [1.29, 1.82) is 0 Å². The highest BCUT2D eigenvalue weighted by Gasteiger charge is 2.30. The molecule has 98 valence electrons. The summed E-state index contributed by atoms with van der Waals surface area (Å²) in [6.45, 7) is 4.97. The predicted octanol–water partition coefficient (Wildman–Crippen LogP) is 2.34. The molecule has 1 aromatic rings. The fourth-order valence-corrected chi connectivity index (χ4v) is 1.77. The van der Waals surface area contributed by atoms with Gasteiger partial charge in [0.25, 0.3) is 0 Å². The number of carbonyl (C=O) groups is 1. The summed E-state index contributed by atoms with van der Waals surface area (Å²) in [7, 11) is 0. The van der Waals surface area contributed by atoms with E-state index in [2.05, 4.69) is 0 Å². The SMILES string of the molecule is CC.NC(=S)N1CCN(c2ccc(F)cc2)C1=O. The van der Waals surface area contributed by atoms with Gasteiger partial charge in [0.05, 0.1) is 0 Å². The number of thiocarbonyl (C=S) groups is 1. The third-order valence-corrected chi connectivity index (χ3v) is 2.63. The molecule has 0 bridgehead atoms. The fraction of sp³-hybridized carbons (Fsp3) is 0.333. The first kappa shape index (κ1) is 14.4. The Morgan fingerprint density at radius 3 is 2.28 bits per heavy atom. The van der Waals surface area contributed by atoms with E-state index in [0.717, 1.165) is 0 Å². The molecular formula is C12H16FN3OS. The number of nitrogens with two attached hydrogens (primary N) is 1. The van der Waals surface area contributed by atoms with Crippen molar-refractivity contribution in [2.45, 2.75) is 13.8 Å². The third kappa shape index (κ3) is 2.95. The molecule has 2 N–H and O–H groups in total. The predicted molar refractivity (Wildman–Crippen MR) is 74.0 cm³/mol. The quantitative estimate of drug-likeness (QED) is 0.796. The van der Waals surface area contributed by atoms with Crippen molar-refractivity contribution in [3.05, 3.63) is 30.1 Å². The Labute approximate surface area is 111 Å². The number of hydrogen-bond acceptors (Lipinski definition) is 2. The van der Waals surface area contributed by atoms with Crippen LogP contribution in [0.15, 0.2) is 24.3 Å².